The third-order valence-electron chi connectivity index (χ3n) is 1.73. The van der Waals surface area contributed by atoms with Gasteiger partial charge in [0.05, 0.1) is 0 Å². The van der Waals surface area contributed by atoms with Gasteiger partial charge in [-0.1, -0.05) is 0 Å². The van der Waals surface area contributed by atoms with Crippen LogP contribution in [0.3, 0.4) is 0 Å². The molecule has 2 N–H and O–H groups in total. The minimum atomic E-state index is 0.0904. The molecule has 0 unspecified atom stereocenters. The van der Waals surface area contributed by atoms with Crippen LogP contribution in [0.5, 0.6) is 11.5 Å². The molecule has 0 spiro atoms. The Labute approximate surface area is 92.9 Å². The highest BCUT2D eigenvalue weighted by Gasteiger charge is 2.02. The third kappa shape index (κ3) is 3.68. The van der Waals surface area contributed by atoms with E-state index in [-0.39, 0.29) is 11.5 Å². The summed E-state index contributed by atoms with van der Waals surface area (Å²) >= 11 is 7.12. The number of halogens is 1. The predicted octanol–water partition coefficient (Wildman–Crippen LogP) is 3.21. The zero-order valence-corrected chi connectivity index (χ0v) is 9.31. The van der Waals surface area contributed by atoms with Crippen molar-refractivity contribution in [3.05, 3.63) is 18.2 Å². The molecule has 0 saturated carbocycles. The number of phenols is 2. The van der Waals surface area contributed by atoms with Crippen molar-refractivity contribution in [2.75, 3.05) is 11.6 Å². The van der Waals surface area contributed by atoms with Crippen LogP contribution in [0, 0.1) is 0 Å². The number of phenolic OH excluding ortho intramolecular Hbond substituents is 2. The molecule has 0 aliphatic carbocycles. The van der Waals surface area contributed by atoms with Crippen LogP contribution >= 0.6 is 23.4 Å². The Bertz CT molecular complexity index is 291. The highest BCUT2D eigenvalue weighted by molar-refractivity contribution is 7.99. The normalized spacial score (nSPS) is 10.4. The highest BCUT2D eigenvalue weighted by atomic mass is 35.5. The lowest BCUT2D eigenvalue weighted by Crippen LogP contribution is -1.82. The maximum atomic E-state index is 9.44. The van der Waals surface area contributed by atoms with Gasteiger partial charge in [0.15, 0.2) is 0 Å². The monoisotopic (exact) mass is 232 g/mol. The van der Waals surface area contributed by atoms with Crippen LogP contribution in [-0.2, 0) is 0 Å². The van der Waals surface area contributed by atoms with E-state index in [2.05, 4.69) is 0 Å². The van der Waals surface area contributed by atoms with Gasteiger partial charge in [-0.15, -0.1) is 23.4 Å². The lowest BCUT2D eigenvalue weighted by molar-refractivity contribution is 0.442. The second kappa shape index (κ2) is 6.04. The summed E-state index contributed by atoms with van der Waals surface area (Å²) in [5.41, 5.74) is 0. The molecule has 0 saturated heterocycles. The van der Waals surface area contributed by atoms with Gasteiger partial charge in [0, 0.05) is 16.8 Å². The fourth-order valence-electron chi connectivity index (χ4n) is 1.01. The summed E-state index contributed by atoms with van der Waals surface area (Å²) in [4.78, 5) is 0.803. The summed E-state index contributed by atoms with van der Waals surface area (Å²) in [6, 6.07) is 4.64. The Morgan fingerprint density at radius 3 is 2.64 bits per heavy atom. The Morgan fingerprint density at radius 2 is 2.00 bits per heavy atom. The molecule has 1 rings (SSSR count). The van der Waals surface area contributed by atoms with Crippen LogP contribution in [0.4, 0.5) is 0 Å². The van der Waals surface area contributed by atoms with Crippen molar-refractivity contribution in [1.82, 2.24) is 0 Å². The maximum absolute atomic E-state index is 9.44. The number of benzene rings is 1. The van der Waals surface area contributed by atoms with Crippen LogP contribution < -0.4 is 0 Å². The summed E-state index contributed by atoms with van der Waals surface area (Å²) in [5.74, 6) is 1.85. The van der Waals surface area contributed by atoms with Gasteiger partial charge in [0.2, 0.25) is 0 Å². The molecule has 4 heteroatoms. The topological polar surface area (TPSA) is 40.5 Å². The van der Waals surface area contributed by atoms with Crippen molar-refractivity contribution in [2.24, 2.45) is 0 Å². The molecular weight excluding hydrogens is 220 g/mol. The zero-order chi connectivity index (χ0) is 10.4. The molecule has 0 radical (unpaired) electrons. The Balaban J connectivity index is 2.42. The van der Waals surface area contributed by atoms with E-state index < -0.39 is 0 Å². The smallest absolute Gasteiger partial charge is 0.132 e. The molecule has 14 heavy (non-hydrogen) atoms. The molecule has 0 amide bonds. The van der Waals surface area contributed by atoms with Gasteiger partial charge in [-0.2, -0.15) is 0 Å². The van der Waals surface area contributed by atoms with Crippen molar-refractivity contribution >= 4 is 23.4 Å². The predicted molar refractivity (Wildman–Crippen MR) is 60.4 cm³/mol. The molecule has 0 aliphatic heterocycles. The van der Waals surface area contributed by atoms with Gasteiger partial charge < -0.3 is 10.2 Å². The maximum Gasteiger partial charge on any atom is 0.132 e. The van der Waals surface area contributed by atoms with E-state index in [9.17, 15) is 5.11 Å². The number of alkyl halides is 1. The van der Waals surface area contributed by atoms with Gasteiger partial charge in [-0.3, -0.25) is 0 Å². The Hall–Kier alpha value is -0.540. The molecule has 0 fully saturated rings. The molecule has 0 atom stereocenters. The standard InChI is InChI=1S/C10H13ClO2S/c11-5-1-2-6-14-10-4-3-8(12)7-9(10)13/h3-4,7,12-13H,1-2,5-6H2. The van der Waals surface area contributed by atoms with Gasteiger partial charge in [0.25, 0.3) is 0 Å². The van der Waals surface area contributed by atoms with E-state index in [0.29, 0.717) is 5.88 Å². The summed E-state index contributed by atoms with van der Waals surface area (Å²) in [5, 5.41) is 18.5. The lowest BCUT2D eigenvalue weighted by atomic mass is 10.3. The Morgan fingerprint density at radius 1 is 1.21 bits per heavy atom. The number of hydrogen-bond donors (Lipinski definition) is 2. The van der Waals surface area contributed by atoms with Gasteiger partial charge >= 0.3 is 0 Å². The van der Waals surface area contributed by atoms with Crippen molar-refractivity contribution in [3.63, 3.8) is 0 Å². The molecule has 0 heterocycles. The van der Waals surface area contributed by atoms with Crippen LogP contribution in [0.1, 0.15) is 12.8 Å². The second-order valence-corrected chi connectivity index (χ2v) is 4.41. The molecule has 1 aromatic carbocycles. The van der Waals surface area contributed by atoms with Crippen LogP contribution in [0.15, 0.2) is 23.1 Å². The van der Waals surface area contributed by atoms with Gasteiger partial charge in [0.1, 0.15) is 11.5 Å². The van der Waals surface area contributed by atoms with Crippen LogP contribution in [0.2, 0.25) is 0 Å². The van der Waals surface area contributed by atoms with E-state index in [1.54, 1.807) is 23.9 Å². The summed E-state index contributed by atoms with van der Waals surface area (Å²) < 4.78 is 0. The average molecular weight is 233 g/mol. The van der Waals surface area contributed by atoms with Crippen molar-refractivity contribution in [3.8, 4) is 11.5 Å². The summed E-state index contributed by atoms with van der Waals surface area (Å²) in [6.45, 7) is 0. The van der Waals surface area contributed by atoms with Gasteiger partial charge in [-0.25, -0.2) is 0 Å². The number of hydrogen-bond acceptors (Lipinski definition) is 3. The first-order valence-corrected chi connectivity index (χ1v) is 5.97. The minimum Gasteiger partial charge on any atom is -0.508 e. The molecule has 0 aliphatic rings. The number of aromatic hydroxyl groups is 2. The van der Waals surface area contributed by atoms with E-state index in [1.807, 2.05) is 0 Å². The molecule has 0 aromatic heterocycles. The third-order valence-corrected chi connectivity index (χ3v) is 3.14. The van der Waals surface area contributed by atoms with E-state index in [0.717, 1.165) is 23.5 Å². The van der Waals surface area contributed by atoms with Gasteiger partial charge in [-0.05, 0) is 30.7 Å². The average Bonchev–Trinajstić information content (AvgIpc) is 2.15. The largest absolute Gasteiger partial charge is 0.508 e. The summed E-state index contributed by atoms with van der Waals surface area (Å²) in [6.07, 6.45) is 2.03. The van der Waals surface area contributed by atoms with E-state index >= 15 is 0 Å². The highest BCUT2D eigenvalue weighted by Crippen LogP contribution is 2.31. The number of rotatable bonds is 5. The lowest BCUT2D eigenvalue weighted by Gasteiger charge is -2.03. The first kappa shape index (κ1) is 11.5. The fourth-order valence-corrected chi connectivity index (χ4v) is 2.13. The van der Waals surface area contributed by atoms with Crippen molar-refractivity contribution in [1.29, 1.82) is 0 Å². The number of unbranched alkanes of at least 4 members (excludes halogenated alkanes) is 1. The van der Waals surface area contributed by atoms with E-state index in [1.165, 1.54) is 6.07 Å². The zero-order valence-electron chi connectivity index (χ0n) is 7.74. The second-order valence-electron chi connectivity index (χ2n) is 2.90. The van der Waals surface area contributed by atoms with Crippen molar-refractivity contribution < 1.29 is 10.2 Å². The molecular formula is C10H13ClO2S. The van der Waals surface area contributed by atoms with Crippen LogP contribution in [0.25, 0.3) is 0 Å². The SMILES string of the molecule is Oc1ccc(SCCCCCl)c(O)c1. The molecule has 78 valence electrons. The molecule has 0 bridgehead atoms. The minimum absolute atomic E-state index is 0.0904. The summed E-state index contributed by atoms with van der Waals surface area (Å²) in [7, 11) is 0. The van der Waals surface area contributed by atoms with Crippen LogP contribution in [-0.4, -0.2) is 21.8 Å². The Kier molecular flexibility index (Phi) is 4.98. The van der Waals surface area contributed by atoms with Crippen molar-refractivity contribution in [2.45, 2.75) is 17.7 Å². The molecule has 2 nitrogen and oxygen atoms in total. The van der Waals surface area contributed by atoms with E-state index in [4.69, 9.17) is 16.7 Å². The quantitative estimate of drug-likeness (QED) is 0.465. The fraction of sp³-hybridized carbons (Fsp3) is 0.400. The first-order chi connectivity index (χ1) is 6.74. The number of thioether (sulfide) groups is 1. The first-order valence-electron chi connectivity index (χ1n) is 4.45. The molecule has 1 aromatic rings.